The summed E-state index contributed by atoms with van der Waals surface area (Å²) in [4.78, 5) is 16.5. The molecule has 0 spiro atoms. The fraction of sp³-hybridized carbons (Fsp3) is 0.400. The number of pyridine rings is 1. The van der Waals surface area contributed by atoms with Gasteiger partial charge in [0, 0.05) is 31.1 Å². The van der Waals surface area contributed by atoms with Crippen molar-refractivity contribution in [3.8, 4) is 11.1 Å². The Bertz CT molecular complexity index is 688. The molecule has 0 bridgehead atoms. The van der Waals surface area contributed by atoms with Crippen LogP contribution in [-0.4, -0.2) is 30.6 Å². The number of nitrogens with one attached hydrogen (secondary N) is 1. The van der Waals surface area contributed by atoms with Crippen LogP contribution >= 0.6 is 0 Å². The van der Waals surface area contributed by atoms with Crippen molar-refractivity contribution in [1.29, 1.82) is 0 Å². The molecular formula is C20H26N2O2. The average molecular weight is 326 g/mol. The fourth-order valence-electron chi connectivity index (χ4n) is 2.48. The third kappa shape index (κ3) is 4.65. The first-order valence-electron chi connectivity index (χ1n) is 8.17. The summed E-state index contributed by atoms with van der Waals surface area (Å²) in [5.41, 5.74) is 3.94. The minimum Gasteiger partial charge on any atom is -0.383 e. The molecule has 0 saturated carbocycles. The van der Waals surface area contributed by atoms with Crippen LogP contribution in [0, 0.1) is 0 Å². The number of aromatic nitrogens is 1. The van der Waals surface area contributed by atoms with Crippen LogP contribution in [0.4, 0.5) is 0 Å². The van der Waals surface area contributed by atoms with Crippen LogP contribution in [0.2, 0.25) is 0 Å². The molecule has 2 aromatic rings. The summed E-state index contributed by atoms with van der Waals surface area (Å²) < 4.78 is 5.04. The highest BCUT2D eigenvalue weighted by Crippen LogP contribution is 2.26. The zero-order chi connectivity index (χ0) is 17.7. The van der Waals surface area contributed by atoms with Crippen molar-refractivity contribution in [3.63, 3.8) is 0 Å². The van der Waals surface area contributed by atoms with Crippen LogP contribution in [0.25, 0.3) is 11.1 Å². The van der Waals surface area contributed by atoms with E-state index in [1.165, 1.54) is 5.56 Å². The SMILES string of the molecule is COCC(C)NC(=O)c1cncc(-c2ccc(C(C)(C)C)cc2)c1. The lowest BCUT2D eigenvalue weighted by Gasteiger charge is -2.19. The number of hydrogen-bond acceptors (Lipinski definition) is 3. The number of nitrogens with zero attached hydrogens (tertiary/aromatic N) is 1. The molecule has 4 heteroatoms. The van der Waals surface area contributed by atoms with Gasteiger partial charge in [-0.15, -0.1) is 0 Å². The first-order valence-corrected chi connectivity index (χ1v) is 8.17. The molecule has 1 atom stereocenters. The molecule has 1 heterocycles. The largest absolute Gasteiger partial charge is 0.383 e. The molecule has 0 fully saturated rings. The number of ether oxygens (including phenoxy) is 1. The molecule has 4 nitrogen and oxygen atoms in total. The predicted octanol–water partition coefficient (Wildman–Crippen LogP) is 3.81. The van der Waals surface area contributed by atoms with Gasteiger partial charge in [0.1, 0.15) is 0 Å². The second-order valence-corrected chi connectivity index (χ2v) is 7.12. The average Bonchev–Trinajstić information content (AvgIpc) is 2.54. The zero-order valence-electron chi connectivity index (χ0n) is 15.1. The minimum atomic E-state index is -0.139. The summed E-state index contributed by atoms with van der Waals surface area (Å²) in [6.45, 7) is 8.96. The molecule has 0 aliphatic rings. The monoisotopic (exact) mass is 326 g/mol. The van der Waals surface area contributed by atoms with Crippen molar-refractivity contribution in [2.45, 2.75) is 39.2 Å². The molecule has 1 amide bonds. The van der Waals surface area contributed by atoms with E-state index in [4.69, 9.17) is 4.74 Å². The maximum atomic E-state index is 12.3. The molecule has 0 saturated heterocycles. The van der Waals surface area contributed by atoms with Crippen molar-refractivity contribution < 1.29 is 9.53 Å². The highest BCUT2D eigenvalue weighted by Gasteiger charge is 2.14. The summed E-state index contributed by atoms with van der Waals surface area (Å²) in [7, 11) is 1.62. The second kappa shape index (κ2) is 7.58. The zero-order valence-corrected chi connectivity index (χ0v) is 15.1. The van der Waals surface area contributed by atoms with Crippen LogP contribution in [0.5, 0.6) is 0 Å². The lowest BCUT2D eigenvalue weighted by molar-refractivity contribution is 0.0905. The number of hydrogen-bond donors (Lipinski definition) is 1. The Morgan fingerprint density at radius 2 is 1.83 bits per heavy atom. The molecule has 2 rings (SSSR count). The Labute approximate surface area is 144 Å². The van der Waals surface area contributed by atoms with Crippen molar-refractivity contribution in [1.82, 2.24) is 10.3 Å². The van der Waals surface area contributed by atoms with E-state index in [9.17, 15) is 4.79 Å². The first kappa shape index (κ1) is 18.1. The Hall–Kier alpha value is -2.20. The summed E-state index contributed by atoms with van der Waals surface area (Å²) in [6, 6.07) is 10.2. The second-order valence-electron chi connectivity index (χ2n) is 7.12. The minimum absolute atomic E-state index is 0.0442. The van der Waals surface area contributed by atoms with Gasteiger partial charge in [-0.2, -0.15) is 0 Å². The van der Waals surface area contributed by atoms with Gasteiger partial charge in [0.2, 0.25) is 0 Å². The van der Waals surface area contributed by atoms with E-state index in [2.05, 4.69) is 55.3 Å². The standard InChI is InChI=1S/C20H26N2O2/c1-14(13-24-5)22-19(23)17-10-16(11-21-12-17)15-6-8-18(9-7-15)20(2,3)4/h6-12,14H,13H2,1-5H3,(H,22,23). The summed E-state index contributed by atoms with van der Waals surface area (Å²) in [5, 5.41) is 2.90. The molecule has 0 aliphatic carbocycles. The van der Waals surface area contributed by atoms with Gasteiger partial charge >= 0.3 is 0 Å². The molecule has 1 aromatic carbocycles. The van der Waals surface area contributed by atoms with Crippen LogP contribution in [-0.2, 0) is 10.2 Å². The topological polar surface area (TPSA) is 51.2 Å². The maximum absolute atomic E-state index is 12.3. The van der Waals surface area contributed by atoms with Gasteiger partial charge in [-0.3, -0.25) is 9.78 Å². The molecule has 1 N–H and O–H groups in total. The number of amides is 1. The van der Waals surface area contributed by atoms with E-state index in [0.717, 1.165) is 11.1 Å². The molecule has 0 radical (unpaired) electrons. The lowest BCUT2D eigenvalue weighted by atomic mass is 9.86. The maximum Gasteiger partial charge on any atom is 0.253 e. The normalized spacial score (nSPS) is 12.7. The molecule has 1 aromatic heterocycles. The molecule has 24 heavy (non-hydrogen) atoms. The van der Waals surface area contributed by atoms with Gasteiger partial charge in [0.15, 0.2) is 0 Å². The van der Waals surface area contributed by atoms with Crippen LogP contribution in [0.15, 0.2) is 42.7 Å². The van der Waals surface area contributed by atoms with Crippen LogP contribution in [0.3, 0.4) is 0 Å². The Morgan fingerprint density at radius 3 is 2.42 bits per heavy atom. The van der Waals surface area contributed by atoms with Gasteiger partial charge in [-0.05, 0) is 29.5 Å². The predicted molar refractivity (Wildman–Crippen MR) is 97.2 cm³/mol. The van der Waals surface area contributed by atoms with Crippen LogP contribution < -0.4 is 5.32 Å². The van der Waals surface area contributed by atoms with E-state index in [0.29, 0.717) is 12.2 Å². The van der Waals surface area contributed by atoms with E-state index >= 15 is 0 Å². The van der Waals surface area contributed by atoms with Crippen molar-refractivity contribution >= 4 is 5.91 Å². The molecule has 0 aliphatic heterocycles. The van der Waals surface area contributed by atoms with Crippen LogP contribution in [0.1, 0.15) is 43.6 Å². The highest BCUT2D eigenvalue weighted by molar-refractivity contribution is 5.95. The number of carbonyl (C=O) groups is 1. The third-order valence-electron chi connectivity index (χ3n) is 3.88. The van der Waals surface area contributed by atoms with E-state index < -0.39 is 0 Å². The fourth-order valence-corrected chi connectivity index (χ4v) is 2.48. The number of methoxy groups -OCH3 is 1. The molecule has 128 valence electrons. The van der Waals surface area contributed by atoms with Gasteiger partial charge in [-0.1, -0.05) is 45.0 Å². The number of carbonyl (C=O) groups excluding carboxylic acids is 1. The Morgan fingerprint density at radius 1 is 1.17 bits per heavy atom. The number of benzene rings is 1. The van der Waals surface area contributed by atoms with Gasteiger partial charge < -0.3 is 10.1 Å². The molecule has 1 unspecified atom stereocenters. The summed E-state index contributed by atoms with van der Waals surface area (Å²) in [6.07, 6.45) is 3.36. The van der Waals surface area contributed by atoms with Gasteiger partial charge in [-0.25, -0.2) is 0 Å². The number of rotatable bonds is 5. The summed E-state index contributed by atoms with van der Waals surface area (Å²) >= 11 is 0. The van der Waals surface area contributed by atoms with Gasteiger partial charge in [0.25, 0.3) is 5.91 Å². The molecular weight excluding hydrogens is 300 g/mol. The Balaban J connectivity index is 2.19. The van der Waals surface area contributed by atoms with E-state index in [1.54, 1.807) is 19.5 Å². The highest BCUT2D eigenvalue weighted by atomic mass is 16.5. The van der Waals surface area contributed by atoms with E-state index in [-0.39, 0.29) is 17.4 Å². The lowest BCUT2D eigenvalue weighted by Crippen LogP contribution is -2.35. The third-order valence-corrected chi connectivity index (χ3v) is 3.88. The van der Waals surface area contributed by atoms with Gasteiger partial charge in [0.05, 0.1) is 12.2 Å². The first-order chi connectivity index (χ1) is 11.3. The Kier molecular flexibility index (Phi) is 5.73. The van der Waals surface area contributed by atoms with Crippen molar-refractivity contribution in [3.05, 3.63) is 53.9 Å². The summed E-state index contributed by atoms with van der Waals surface area (Å²) in [5.74, 6) is -0.139. The van der Waals surface area contributed by atoms with Crippen molar-refractivity contribution in [2.24, 2.45) is 0 Å². The quantitative estimate of drug-likeness (QED) is 0.909. The van der Waals surface area contributed by atoms with E-state index in [1.807, 2.05) is 13.0 Å². The smallest absolute Gasteiger partial charge is 0.253 e. The van der Waals surface area contributed by atoms with Crippen molar-refractivity contribution in [2.75, 3.05) is 13.7 Å².